The number of fused-ring (bicyclic) bond motifs is 5. The standard InChI is InChI=1S/C47H34O2/c48-24-25-49-47-23-22-36(27-44(47)33-10-2-1-3-11-33)43-29-37(41-19-9-15-32-13-5-7-17-39(32)41)30-46-42-26-34(20-21-35(42)28-45(43)46)40-18-8-14-31-12-4-6-16-38(31)40/h1-23,26-27,29-30,48H,24-25,28H2. The van der Waals surface area contributed by atoms with Crippen LogP contribution >= 0.6 is 0 Å². The highest BCUT2D eigenvalue weighted by Crippen LogP contribution is 2.47. The highest BCUT2D eigenvalue weighted by Gasteiger charge is 2.25. The molecule has 0 atom stereocenters. The molecule has 2 nitrogen and oxygen atoms in total. The molecule has 0 unspecified atom stereocenters. The Labute approximate surface area is 286 Å². The summed E-state index contributed by atoms with van der Waals surface area (Å²) in [4.78, 5) is 0. The molecule has 0 aliphatic heterocycles. The van der Waals surface area contributed by atoms with E-state index in [4.69, 9.17) is 4.74 Å². The average molecular weight is 631 g/mol. The van der Waals surface area contributed by atoms with E-state index in [1.807, 2.05) is 6.07 Å². The average Bonchev–Trinajstić information content (AvgIpc) is 3.54. The van der Waals surface area contributed by atoms with E-state index in [0.29, 0.717) is 0 Å². The first-order valence-corrected chi connectivity index (χ1v) is 17.0. The van der Waals surface area contributed by atoms with E-state index in [9.17, 15) is 5.11 Å². The zero-order valence-electron chi connectivity index (χ0n) is 27.1. The van der Waals surface area contributed by atoms with Gasteiger partial charge in [0, 0.05) is 5.56 Å². The van der Waals surface area contributed by atoms with Crippen molar-refractivity contribution in [1.29, 1.82) is 0 Å². The van der Waals surface area contributed by atoms with E-state index in [1.165, 1.54) is 71.6 Å². The maximum atomic E-state index is 9.55. The molecule has 1 N–H and O–H groups in total. The molecule has 0 spiro atoms. The number of aliphatic hydroxyl groups is 1. The van der Waals surface area contributed by atoms with E-state index < -0.39 is 0 Å². The summed E-state index contributed by atoms with van der Waals surface area (Å²) >= 11 is 0. The van der Waals surface area contributed by atoms with Gasteiger partial charge in [0.25, 0.3) is 0 Å². The summed E-state index contributed by atoms with van der Waals surface area (Å²) in [5.74, 6) is 0.772. The number of hydrogen-bond acceptors (Lipinski definition) is 2. The van der Waals surface area contributed by atoms with E-state index in [2.05, 4.69) is 158 Å². The number of rotatable bonds is 7. The second-order valence-corrected chi connectivity index (χ2v) is 12.8. The minimum Gasteiger partial charge on any atom is -0.491 e. The van der Waals surface area contributed by atoms with Gasteiger partial charge in [-0.3, -0.25) is 0 Å². The van der Waals surface area contributed by atoms with Crippen molar-refractivity contribution in [2.75, 3.05) is 13.2 Å². The van der Waals surface area contributed by atoms with Crippen molar-refractivity contribution >= 4 is 21.5 Å². The van der Waals surface area contributed by atoms with Crippen LogP contribution in [0.2, 0.25) is 0 Å². The van der Waals surface area contributed by atoms with Crippen molar-refractivity contribution < 1.29 is 9.84 Å². The maximum absolute atomic E-state index is 9.55. The minimum atomic E-state index is -0.0322. The van der Waals surface area contributed by atoms with Crippen LogP contribution in [0.4, 0.5) is 0 Å². The van der Waals surface area contributed by atoms with Crippen LogP contribution < -0.4 is 4.74 Å². The highest BCUT2D eigenvalue weighted by molar-refractivity contribution is 6.01. The first kappa shape index (κ1) is 29.2. The van der Waals surface area contributed by atoms with Crippen molar-refractivity contribution in [2.45, 2.75) is 6.42 Å². The summed E-state index contributed by atoms with van der Waals surface area (Å²) in [6, 6.07) is 59.2. The number of hydrogen-bond donors (Lipinski definition) is 1. The van der Waals surface area contributed by atoms with Crippen molar-refractivity contribution in [3.05, 3.63) is 175 Å². The van der Waals surface area contributed by atoms with Gasteiger partial charge in [-0.15, -0.1) is 0 Å². The van der Waals surface area contributed by atoms with Crippen LogP contribution in [-0.2, 0) is 6.42 Å². The second-order valence-electron chi connectivity index (χ2n) is 12.8. The molecule has 0 saturated heterocycles. The van der Waals surface area contributed by atoms with Gasteiger partial charge in [-0.05, 0) is 119 Å². The largest absolute Gasteiger partial charge is 0.491 e. The lowest BCUT2D eigenvalue weighted by Gasteiger charge is -2.17. The Morgan fingerprint density at radius 1 is 0.429 bits per heavy atom. The second kappa shape index (κ2) is 12.2. The Morgan fingerprint density at radius 3 is 1.73 bits per heavy atom. The third-order valence-electron chi connectivity index (χ3n) is 9.94. The summed E-state index contributed by atoms with van der Waals surface area (Å²) < 4.78 is 6.05. The van der Waals surface area contributed by atoms with Crippen LogP contribution in [0.3, 0.4) is 0 Å². The molecular weight excluding hydrogens is 597 g/mol. The van der Waals surface area contributed by atoms with Crippen LogP contribution in [0.25, 0.3) is 77.2 Å². The summed E-state index contributed by atoms with van der Waals surface area (Å²) in [5, 5.41) is 14.5. The van der Waals surface area contributed by atoms with Crippen LogP contribution in [0.15, 0.2) is 164 Å². The van der Waals surface area contributed by atoms with E-state index in [-0.39, 0.29) is 13.2 Å². The Balaban J connectivity index is 1.27. The van der Waals surface area contributed by atoms with Crippen LogP contribution in [-0.4, -0.2) is 18.3 Å². The van der Waals surface area contributed by atoms with Crippen LogP contribution in [0, 0.1) is 0 Å². The summed E-state index contributed by atoms with van der Waals surface area (Å²) in [6.45, 7) is 0.217. The summed E-state index contributed by atoms with van der Waals surface area (Å²) in [7, 11) is 0. The molecule has 0 amide bonds. The normalized spacial score (nSPS) is 11.9. The third-order valence-corrected chi connectivity index (χ3v) is 9.94. The lowest BCUT2D eigenvalue weighted by Crippen LogP contribution is -2.03. The molecule has 0 saturated carbocycles. The maximum Gasteiger partial charge on any atom is 0.127 e. The van der Waals surface area contributed by atoms with E-state index in [0.717, 1.165) is 28.9 Å². The molecule has 0 radical (unpaired) electrons. The van der Waals surface area contributed by atoms with Crippen LogP contribution in [0.1, 0.15) is 11.1 Å². The van der Waals surface area contributed by atoms with Gasteiger partial charge < -0.3 is 9.84 Å². The van der Waals surface area contributed by atoms with Gasteiger partial charge in [0.1, 0.15) is 12.4 Å². The molecule has 234 valence electrons. The van der Waals surface area contributed by atoms with E-state index >= 15 is 0 Å². The number of ether oxygens (including phenoxy) is 1. The summed E-state index contributed by atoms with van der Waals surface area (Å²) in [5.41, 5.74) is 14.7. The van der Waals surface area contributed by atoms with E-state index in [1.54, 1.807) is 0 Å². The fourth-order valence-corrected chi connectivity index (χ4v) is 7.63. The molecular formula is C47H34O2. The third kappa shape index (κ3) is 5.18. The predicted octanol–water partition coefficient (Wildman–Crippen LogP) is 11.6. The highest BCUT2D eigenvalue weighted by atomic mass is 16.5. The first-order chi connectivity index (χ1) is 24.2. The predicted molar refractivity (Wildman–Crippen MR) is 204 cm³/mol. The molecule has 0 fully saturated rings. The van der Waals surface area contributed by atoms with Gasteiger partial charge in [0.05, 0.1) is 6.61 Å². The fraction of sp³-hybridized carbons (Fsp3) is 0.0638. The monoisotopic (exact) mass is 630 g/mol. The molecule has 1 aliphatic rings. The molecule has 0 heterocycles. The quantitative estimate of drug-likeness (QED) is 0.190. The Morgan fingerprint density at radius 2 is 1.00 bits per heavy atom. The topological polar surface area (TPSA) is 29.5 Å². The van der Waals surface area contributed by atoms with Gasteiger partial charge in [0.15, 0.2) is 0 Å². The molecule has 49 heavy (non-hydrogen) atoms. The first-order valence-electron chi connectivity index (χ1n) is 17.0. The smallest absolute Gasteiger partial charge is 0.127 e. The van der Waals surface area contributed by atoms with Gasteiger partial charge in [-0.1, -0.05) is 133 Å². The number of benzene rings is 8. The Bertz CT molecular complexity index is 2500. The number of aliphatic hydroxyl groups excluding tert-OH is 1. The molecule has 0 aromatic heterocycles. The molecule has 8 aromatic rings. The lowest BCUT2D eigenvalue weighted by atomic mass is 9.88. The molecule has 9 rings (SSSR count). The summed E-state index contributed by atoms with van der Waals surface area (Å²) in [6.07, 6.45) is 0.870. The molecule has 8 aromatic carbocycles. The molecule has 1 aliphatic carbocycles. The van der Waals surface area contributed by atoms with Gasteiger partial charge in [0.2, 0.25) is 0 Å². The van der Waals surface area contributed by atoms with Crippen molar-refractivity contribution in [1.82, 2.24) is 0 Å². The fourth-order valence-electron chi connectivity index (χ4n) is 7.63. The Kier molecular flexibility index (Phi) is 7.30. The Hall–Kier alpha value is -5.96. The van der Waals surface area contributed by atoms with Crippen molar-refractivity contribution in [2.24, 2.45) is 0 Å². The lowest BCUT2D eigenvalue weighted by molar-refractivity contribution is 0.202. The van der Waals surface area contributed by atoms with Gasteiger partial charge in [-0.2, -0.15) is 0 Å². The van der Waals surface area contributed by atoms with Gasteiger partial charge in [-0.25, -0.2) is 0 Å². The SMILES string of the molecule is OCCOc1ccc(-c2cc(-c3cccc4ccccc34)cc3c2Cc2ccc(-c4cccc5ccccc45)cc2-3)cc1-c1ccccc1. The minimum absolute atomic E-state index is 0.0322. The van der Waals surface area contributed by atoms with Crippen molar-refractivity contribution in [3.63, 3.8) is 0 Å². The van der Waals surface area contributed by atoms with Gasteiger partial charge >= 0.3 is 0 Å². The zero-order valence-corrected chi connectivity index (χ0v) is 27.1. The zero-order chi connectivity index (χ0) is 32.7. The molecule has 0 bridgehead atoms. The van der Waals surface area contributed by atoms with Crippen LogP contribution in [0.5, 0.6) is 5.75 Å². The molecule has 2 heteroatoms. The van der Waals surface area contributed by atoms with Crippen molar-refractivity contribution in [3.8, 4) is 61.4 Å².